The second kappa shape index (κ2) is 4.51. The number of hydrogen-bond donors (Lipinski definition) is 2. The Bertz CT molecular complexity index is 317. The molecule has 1 aromatic rings. The van der Waals surface area contributed by atoms with Crippen LogP contribution in [-0.2, 0) is 0 Å². The van der Waals surface area contributed by atoms with Crippen LogP contribution in [0.2, 0.25) is 0 Å². The molecular formula is C11H16F2N2O. The summed E-state index contributed by atoms with van der Waals surface area (Å²) >= 11 is 0. The van der Waals surface area contributed by atoms with E-state index in [-0.39, 0.29) is 24.8 Å². The molecule has 1 aliphatic rings. The summed E-state index contributed by atoms with van der Waals surface area (Å²) in [5, 5.41) is 0. The molecule has 1 aliphatic carbocycles. The van der Waals surface area contributed by atoms with Gasteiger partial charge in [-0.15, -0.1) is 0 Å². The van der Waals surface area contributed by atoms with Gasteiger partial charge in [0.2, 0.25) is 5.92 Å². The summed E-state index contributed by atoms with van der Waals surface area (Å²) in [6.45, 7) is 0. The molecule has 0 radical (unpaired) electrons. The van der Waals surface area contributed by atoms with Crippen molar-refractivity contribution in [1.82, 2.24) is 5.43 Å². The van der Waals surface area contributed by atoms with E-state index in [0.29, 0.717) is 12.8 Å². The normalized spacial score (nSPS) is 23.2. The Labute approximate surface area is 93.0 Å². The summed E-state index contributed by atoms with van der Waals surface area (Å²) in [4.78, 5) is 0. The van der Waals surface area contributed by atoms with E-state index in [0.717, 1.165) is 5.56 Å². The van der Waals surface area contributed by atoms with Crippen LogP contribution in [0.5, 0.6) is 0 Å². The summed E-state index contributed by atoms with van der Waals surface area (Å²) in [6.07, 6.45) is 4.07. The van der Waals surface area contributed by atoms with Crippen molar-refractivity contribution in [3.05, 3.63) is 24.2 Å². The molecule has 0 amide bonds. The number of nitrogens with one attached hydrogen (secondary N) is 1. The molecule has 0 saturated heterocycles. The highest BCUT2D eigenvalue weighted by Gasteiger charge is 2.37. The molecular weight excluding hydrogens is 214 g/mol. The number of hydrazine groups is 1. The molecule has 0 aromatic carbocycles. The second-order valence-electron chi connectivity index (χ2n) is 4.39. The highest BCUT2D eigenvalue weighted by atomic mass is 19.3. The van der Waals surface area contributed by atoms with Gasteiger partial charge in [0.1, 0.15) is 0 Å². The van der Waals surface area contributed by atoms with E-state index in [1.807, 2.05) is 6.07 Å². The lowest BCUT2D eigenvalue weighted by Gasteiger charge is -2.32. The van der Waals surface area contributed by atoms with Gasteiger partial charge < -0.3 is 4.42 Å². The van der Waals surface area contributed by atoms with Crippen LogP contribution in [0.1, 0.15) is 37.3 Å². The second-order valence-corrected chi connectivity index (χ2v) is 4.39. The predicted molar refractivity (Wildman–Crippen MR) is 55.7 cm³/mol. The van der Waals surface area contributed by atoms with Crippen LogP contribution in [0.15, 0.2) is 23.0 Å². The maximum atomic E-state index is 13.0. The van der Waals surface area contributed by atoms with E-state index in [9.17, 15) is 8.78 Å². The molecule has 3 nitrogen and oxygen atoms in total. The molecule has 0 bridgehead atoms. The van der Waals surface area contributed by atoms with Crippen molar-refractivity contribution in [3.63, 3.8) is 0 Å². The Balaban J connectivity index is 2.02. The highest BCUT2D eigenvalue weighted by molar-refractivity contribution is 5.13. The van der Waals surface area contributed by atoms with Crippen LogP contribution >= 0.6 is 0 Å². The summed E-state index contributed by atoms with van der Waals surface area (Å²) < 4.78 is 31.0. The molecule has 1 atom stereocenters. The standard InChI is InChI=1S/C11H16F2N2O/c12-11(13)4-1-8(2-5-11)10(15-14)9-3-6-16-7-9/h3,6-8,10,15H,1-2,4-5,14H2. The minimum atomic E-state index is -2.49. The first-order valence-electron chi connectivity index (χ1n) is 5.48. The number of rotatable bonds is 3. The molecule has 3 N–H and O–H groups in total. The highest BCUT2D eigenvalue weighted by Crippen LogP contribution is 2.41. The van der Waals surface area contributed by atoms with Crippen molar-refractivity contribution < 1.29 is 13.2 Å². The minimum Gasteiger partial charge on any atom is -0.472 e. The van der Waals surface area contributed by atoms with Crippen molar-refractivity contribution in [2.45, 2.75) is 37.6 Å². The van der Waals surface area contributed by atoms with Gasteiger partial charge in [-0.1, -0.05) is 0 Å². The number of hydrogen-bond acceptors (Lipinski definition) is 3. The topological polar surface area (TPSA) is 51.2 Å². The molecule has 5 heteroatoms. The van der Waals surface area contributed by atoms with Crippen LogP contribution in [0.25, 0.3) is 0 Å². The van der Waals surface area contributed by atoms with Gasteiger partial charge in [0.25, 0.3) is 0 Å². The van der Waals surface area contributed by atoms with Crippen molar-refractivity contribution >= 4 is 0 Å². The van der Waals surface area contributed by atoms with Crippen LogP contribution in [0.3, 0.4) is 0 Å². The Morgan fingerprint density at radius 2 is 2.12 bits per heavy atom. The van der Waals surface area contributed by atoms with E-state index >= 15 is 0 Å². The van der Waals surface area contributed by atoms with Crippen molar-refractivity contribution in [3.8, 4) is 0 Å². The lowest BCUT2D eigenvalue weighted by atomic mass is 9.80. The third-order valence-corrected chi connectivity index (χ3v) is 3.32. The first-order valence-corrected chi connectivity index (χ1v) is 5.48. The maximum absolute atomic E-state index is 13.0. The van der Waals surface area contributed by atoms with E-state index in [1.54, 1.807) is 12.5 Å². The Morgan fingerprint density at radius 3 is 2.62 bits per heavy atom. The number of nitrogens with two attached hydrogens (primary N) is 1. The molecule has 1 heterocycles. The summed E-state index contributed by atoms with van der Waals surface area (Å²) in [7, 11) is 0. The fourth-order valence-corrected chi connectivity index (χ4v) is 2.35. The zero-order chi connectivity index (χ0) is 11.6. The van der Waals surface area contributed by atoms with Crippen molar-refractivity contribution in [1.29, 1.82) is 0 Å². The monoisotopic (exact) mass is 230 g/mol. The fraction of sp³-hybridized carbons (Fsp3) is 0.636. The predicted octanol–water partition coefficient (Wildman–Crippen LogP) is 2.61. The van der Waals surface area contributed by atoms with E-state index < -0.39 is 5.92 Å². The summed E-state index contributed by atoms with van der Waals surface area (Å²) in [6, 6.07) is 1.73. The average molecular weight is 230 g/mol. The molecule has 1 aromatic heterocycles. The summed E-state index contributed by atoms with van der Waals surface area (Å²) in [5.74, 6) is 3.14. The van der Waals surface area contributed by atoms with Gasteiger partial charge in [-0.25, -0.2) is 8.78 Å². The van der Waals surface area contributed by atoms with Crippen LogP contribution in [-0.4, -0.2) is 5.92 Å². The zero-order valence-electron chi connectivity index (χ0n) is 8.96. The minimum absolute atomic E-state index is 0.0479. The van der Waals surface area contributed by atoms with Gasteiger partial charge in [0, 0.05) is 18.4 Å². The zero-order valence-corrected chi connectivity index (χ0v) is 8.96. The SMILES string of the molecule is NNC(c1ccoc1)C1CCC(F)(F)CC1. The van der Waals surface area contributed by atoms with Crippen molar-refractivity contribution in [2.75, 3.05) is 0 Å². The number of halogens is 2. The van der Waals surface area contributed by atoms with Crippen LogP contribution in [0, 0.1) is 5.92 Å². The molecule has 16 heavy (non-hydrogen) atoms. The van der Waals surface area contributed by atoms with Crippen LogP contribution in [0.4, 0.5) is 8.78 Å². The van der Waals surface area contributed by atoms with Gasteiger partial charge in [-0.05, 0) is 24.8 Å². The molecule has 0 aliphatic heterocycles. The maximum Gasteiger partial charge on any atom is 0.248 e. The molecule has 1 unspecified atom stereocenters. The van der Waals surface area contributed by atoms with Gasteiger partial charge in [0.05, 0.1) is 18.6 Å². The van der Waals surface area contributed by atoms with Gasteiger partial charge >= 0.3 is 0 Å². The quantitative estimate of drug-likeness (QED) is 0.620. The van der Waals surface area contributed by atoms with Crippen molar-refractivity contribution in [2.24, 2.45) is 11.8 Å². The Kier molecular flexibility index (Phi) is 3.25. The van der Waals surface area contributed by atoms with E-state index in [1.165, 1.54) is 0 Å². The molecule has 2 rings (SSSR count). The van der Waals surface area contributed by atoms with E-state index in [2.05, 4.69) is 5.43 Å². The Hall–Kier alpha value is -0.940. The number of furan rings is 1. The average Bonchev–Trinajstić information content (AvgIpc) is 2.75. The first-order chi connectivity index (χ1) is 7.62. The number of alkyl halides is 2. The van der Waals surface area contributed by atoms with Gasteiger partial charge in [-0.3, -0.25) is 11.3 Å². The molecule has 1 fully saturated rings. The lowest BCUT2D eigenvalue weighted by Crippen LogP contribution is -2.37. The first kappa shape index (κ1) is 11.5. The molecule has 1 saturated carbocycles. The lowest BCUT2D eigenvalue weighted by molar-refractivity contribution is -0.0498. The van der Waals surface area contributed by atoms with Gasteiger partial charge in [0.15, 0.2) is 0 Å². The van der Waals surface area contributed by atoms with E-state index in [4.69, 9.17) is 10.3 Å². The molecule has 0 spiro atoms. The third-order valence-electron chi connectivity index (χ3n) is 3.32. The van der Waals surface area contributed by atoms with Crippen LogP contribution < -0.4 is 11.3 Å². The molecule has 90 valence electrons. The van der Waals surface area contributed by atoms with Gasteiger partial charge in [-0.2, -0.15) is 0 Å². The summed E-state index contributed by atoms with van der Waals surface area (Å²) in [5.41, 5.74) is 3.63. The smallest absolute Gasteiger partial charge is 0.248 e. The largest absolute Gasteiger partial charge is 0.472 e. The third kappa shape index (κ3) is 2.41. The Morgan fingerprint density at radius 1 is 1.44 bits per heavy atom. The fourth-order valence-electron chi connectivity index (χ4n) is 2.35.